The number of imidazole rings is 1. The molecule has 4 rings (SSSR count). The van der Waals surface area contributed by atoms with Crippen LogP contribution in [0.15, 0.2) is 42.6 Å². The minimum atomic E-state index is -0.0285. The van der Waals surface area contributed by atoms with E-state index in [2.05, 4.69) is 32.1 Å². The van der Waals surface area contributed by atoms with Gasteiger partial charge in [0.25, 0.3) is 0 Å². The highest BCUT2D eigenvalue weighted by molar-refractivity contribution is 5.78. The predicted octanol–water partition coefficient (Wildman–Crippen LogP) is 2.18. The highest BCUT2D eigenvalue weighted by atomic mass is 15.3. The third-order valence-corrected chi connectivity index (χ3v) is 5.10. The van der Waals surface area contributed by atoms with Crippen molar-refractivity contribution in [3.63, 3.8) is 0 Å². The molecule has 0 aromatic carbocycles. The van der Waals surface area contributed by atoms with Crippen molar-refractivity contribution < 1.29 is 0 Å². The molecule has 9 nitrogen and oxygen atoms in total. The number of aryl methyl sites for hydroxylation is 1. The minimum Gasteiger partial charge on any atom is -0.404 e. The van der Waals surface area contributed by atoms with E-state index >= 15 is 0 Å². The summed E-state index contributed by atoms with van der Waals surface area (Å²) in [6, 6.07) is 1.97. The van der Waals surface area contributed by atoms with Crippen molar-refractivity contribution in [2.24, 2.45) is 5.73 Å². The van der Waals surface area contributed by atoms with Gasteiger partial charge < -0.3 is 21.4 Å². The summed E-state index contributed by atoms with van der Waals surface area (Å²) in [6.07, 6.45) is 10.0. The Kier molecular flexibility index (Phi) is 6.73. The van der Waals surface area contributed by atoms with E-state index in [1.807, 2.05) is 37.4 Å². The van der Waals surface area contributed by atoms with Crippen LogP contribution in [-0.2, 0) is 0 Å². The van der Waals surface area contributed by atoms with Crippen molar-refractivity contribution in [2.75, 3.05) is 18.0 Å². The van der Waals surface area contributed by atoms with Crippen LogP contribution in [-0.4, -0.2) is 55.7 Å². The summed E-state index contributed by atoms with van der Waals surface area (Å²) >= 11 is 0. The van der Waals surface area contributed by atoms with Crippen LogP contribution in [0.2, 0.25) is 0 Å². The van der Waals surface area contributed by atoms with Crippen molar-refractivity contribution >= 4 is 17.7 Å². The first-order valence-electron chi connectivity index (χ1n) is 10.2. The molecule has 0 radical (unpaired) electrons. The second kappa shape index (κ2) is 9.45. The minimum absolute atomic E-state index is 0.0285. The van der Waals surface area contributed by atoms with Gasteiger partial charge in [-0.05, 0) is 19.9 Å². The Morgan fingerprint density at radius 3 is 2.80 bits per heavy atom. The molecule has 1 saturated heterocycles. The lowest BCUT2D eigenvalue weighted by molar-refractivity contribution is 0.424. The first kappa shape index (κ1) is 21.4. The lowest BCUT2D eigenvalue weighted by Gasteiger charge is -2.41. The molecule has 4 heterocycles. The molecule has 3 aromatic heterocycles. The van der Waals surface area contributed by atoms with Crippen LogP contribution in [0.5, 0.6) is 0 Å². The van der Waals surface area contributed by atoms with E-state index in [1.54, 1.807) is 18.6 Å². The lowest BCUT2D eigenvalue weighted by atomic mass is 9.98. The predicted molar refractivity (Wildman–Crippen MR) is 120 cm³/mol. The lowest BCUT2D eigenvalue weighted by Crippen LogP contribution is -2.58. The summed E-state index contributed by atoms with van der Waals surface area (Å²) in [5.74, 6) is 1.45. The zero-order valence-electron chi connectivity index (χ0n) is 17.9. The zero-order valence-corrected chi connectivity index (χ0v) is 17.9. The first-order valence-corrected chi connectivity index (χ1v) is 10.2. The van der Waals surface area contributed by atoms with Gasteiger partial charge in [-0.25, -0.2) is 15.0 Å². The Labute approximate surface area is 176 Å². The van der Waals surface area contributed by atoms with Crippen molar-refractivity contribution in [1.29, 1.82) is 5.41 Å². The normalized spacial score (nSPS) is 19.3. The molecule has 1 aliphatic heterocycles. The number of anilines is 1. The average Bonchev–Trinajstić information content (AvgIpc) is 3.20. The first-order chi connectivity index (χ1) is 14.6. The summed E-state index contributed by atoms with van der Waals surface area (Å²) in [5.41, 5.74) is 8.94. The van der Waals surface area contributed by atoms with Gasteiger partial charge in [0.15, 0.2) is 11.5 Å². The van der Waals surface area contributed by atoms with Crippen LogP contribution in [0.4, 0.5) is 5.82 Å². The largest absolute Gasteiger partial charge is 0.404 e. The van der Waals surface area contributed by atoms with Gasteiger partial charge in [-0.3, -0.25) is 9.38 Å². The molecule has 0 saturated carbocycles. The molecule has 9 heteroatoms. The van der Waals surface area contributed by atoms with Crippen LogP contribution < -0.4 is 16.0 Å². The number of aromatic nitrogens is 5. The van der Waals surface area contributed by atoms with Crippen LogP contribution in [0.1, 0.15) is 26.5 Å². The fourth-order valence-electron chi connectivity index (χ4n) is 3.64. The van der Waals surface area contributed by atoms with E-state index in [1.165, 1.54) is 12.4 Å². The number of rotatable bonds is 4. The molecule has 1 aliphatic rings. The number of nitrogens with zero attached hydrogens (tertiary/aromatic N) is 6. The van der Waals surface area contributed by atoms with Gasteiger partial charge in [-0.1, -0.05) is 13.8 Å². The summed E-state index contributed by atoms with van der Waals surface area (Å²) in [4.78, 5) is 20.2. The molecule has 0 aliphatic carbocycles. The standard InChI is InChI=1S/C19H23N9.C2H6/c1-12-11-28-15(9-25-17(28)10-24-12)19-23-4-3-16(26-19)27-6-5-22-18(13(27)2)14(7-20)8-21;1-2/h3-4,7-11,13,18,20,22H,5-6,21H2,1-2H3;1-2H3/b14-8+,20-7?;. The third kappa shape index (κ3) is 4.02. The zero-order chi connectivity index (χ0) is 21.7. The van der Waals surface area contributed by atoms with E-state index in [0.29, 0.717) is 5.82 Å². The van der Waals surface area contributed by atoms with Crippen LogP contribution >= 0.6 is 0 Å². The van der Waals surface area contributed by atoms with Gasteiger partial charge in [0, 0.05) is 49.5 Å². The molecule has 1 fully saturated rings. The number of nitrogens with one attached hydrogen (secondary N) is 2. The van der Waals surface area contributed by atoms with Crippen LogP contribution in [0, 0.1) is 12.3 Å². The second-order valence-electron chi connectivity index (χ2n) is 6.82. The number of hydrogen-bond acceptors (Lipinski definition) is 8. The van der Waals surface area contributed by atoms with E-state index in [4.69, 9.17) is 16.1 Å². The van der Waals surface area contributed by atoms with Crippen molar-refractivity contribution in [2.45, 2.75) is 39.8 Å². The molecule has 4 N–H and O–H groups in total. The molecule has 2 unspecified atom stereocenters. The van der Waals surface area contributed by atoms with Crippen LogP contribution in [0.25, 0.3) is 17.2 Å². The fourth-order valence-corrected chi connectivity index (χ4v) is 3.64. The number of nitrogens with two attached hydrogens (primary N) is 1. The summed E-state index contributed by atoms with van der Waals surface area (Å²) in [5, 5.41) is 11.0. The topological polar surface area (TPSA) is 121 Å². The molecule has 30 heavy (non-hydrogen) atoms. The van der Waals surface area contributed by atoms with E-state index in [0.717, 1.165) is 41.5 Å². The van der Waals surface area contributed by atoms with Gasteiger partial charge in [-0.2, -0.15) is 0 Å². The Hall–Kier alpha value is -3.33. The van der Waals surface area contributed by atoms with E-state index in [9.17, 15) is 0 Å². The van der Waals surface area contributed by atoms with Crippen molar-refractivity contribution in [3.05, 3.63) is 48.3 Å². The summed E-state index contributed by atoms with van der Waals surface area (Å²) < 4.78 is 1.95. The highest BCUT2D eigenvalue weighted by Gasteiger charge is 2.30. The molecule has 0 bridgehead atoms. The Balaban J connectivity index is 0.00000124. The summed E-state index contributed by atoms with van der Waals surface area (Å²) in [6.45, 7) is 9.63. The maximum absolute atomic E-state index is 7.61. The van der Waals surface area contributed by atoms with Crippen molar-refractivity contribution in [1.82, 2.24) is 29.7 Å². The van der Waals surface area contributed by atoms with E-state index in [-0.39, 0.29) is 12.1 Å². The fraction of sp³-hybridized carbons (Fsp3) is 0.381. The molecule has 2 atom stereocenters. The van der Waals surface area contributed by atoms with Gasteiger partial charge in [-0.15, -0.1) is 0 Å². The second-order valence-corrected chi connectivity index (χ2v) is 6.82. The molecule has 0 amide bonds. The van der Waals surface area contributed by atoms with Gasteiger partial charge in [0.1, 0.15) is 11.5 Å². The maximum atomic E-state index is 7.61. The quantitative estimate of drug-likeness (QED) is 0.567. The van der Waals surface area contributed by atoms with Crippen molar-refractivity contribution in [3.8, 4) is 11.5 Å². The average molecular weight is 408 g/mol. The van der Waals surface area contributed by atoms with Gasteiger partial charge in [0.05, 0.1) is 24.1 Å². The molecular weight excluding hydrogens is 378 g/mol. The maximum Gasteiger partial charge on any atom is 0.180 e. The van der Waals surface area contributed by atoms with Gasteiger partial charge in [0.2, 0.25) is 0 Å². The van der Waals surface area contributed by atoms with E-state index < -0.39 is 0 Å². The number of fused-ring (bicyclic) bond motifs is 1. The Bertz CT molecular complexity index is 1040. The molecule has 158 valence electrons. The molecular formula is C21H29N9. The summed E-state index contributed by atoms with van der Waals surface area (Å²) in [7, 11) is 0. The SMILES string of the molecule is CC.Cc1cn2c(-c3nccc(N4CCNC(/C(C=N)=C/N)C4C)n3)cnc2cn1. The number of piperazine rings is 1. The third-order valence-electron chi connectivity index (χ3n) is 5.10. The van der Waals surface area contributed by atoms with Gasteiger partial charge >= 0.3 is 0 Å². The van der Waals surface area contributed by atoms with Crippen LogP contribution in [0.3, 0.4) is 0 Å². The smallest absolute Gasteiger partial charge is 0.180 e. The highest BCUT2D eigenvalue weighted by Crippen LogP contribution is 2.24. The Morgan fingerprint density at radius 2 is 2.07 bits per heavy atom. The molecule has 3 aromatic rings. The molecule has 0 spiro atoms. The Morgan fingerprint density at radius 1 is 1.27 bits per heavy atom. The monoisotopic (exact) mass is 407 g/mol. The number of hydrogen-bond donors (Lipinski definition) is 3.